The number of carbonyl (C=O) groups is 2. The first-order valence-electron chi connectivity index (χ1n) is 7.60. The van der Waals surface area contributed by atoms with E-state index in [0.29, 0.717) is 18.7 Å². The van der Waals surface area contributed by atoms with Crippen LogP contribution >= 0.6 is 0 Å². The van der Waals surface area contributed by atoms with Gasteiger partial charge in [0.1, 0.15) is 6.04 Å². The number of carboxylic acids is 1. The van der Waals surface area contributed by atoms with E-state index in [1.807, 2.05) is 0 Å². The topological polar surface area (TPSA) is 104 Å². The second-order valence-corrected chi connectivity index (χ2v) is 7.47. The quantitative estimate of drug-likeness (QED) is 0.753. The molecule has 1 atom stereocenters. The van der Waals surface area contributed by atoms with E-state index >= 15 is 0 Å². The van der Waals surface area contributed by atoms with Crippen molar-refractivity contribution in [2.75, 3.05) is 16.6 Å². The van der Waals surface area contributed by atoms with Crippen LogP contribution in [-0.4, -0.2) is 43.7 Å². The third-order valence-corrected chi connectivity index (χ3v) is 5.58. The highest BCUT2D eigenvalue weighted by Gasteiger charge is 2.29. The molecule has 7 nitrogen and oxygen atoms in total. The standard InChI is InChI=1S/C16H20N2O5S/c1-2-3-8-14(16(20)21)17-15(19)12-6-4-7-13(11-12)18-9-5-10-24(18,22)23/h2-4,6-7,11,14H,5,8-10H2,1H3,(H,17,19)(H,20,21)/b3-2+. The normalized spacial score (nSPS) is 17.8. The number of carboxylic acid groups (broad SMARTS) is 1. The van der Waals surface area contributed by atoms with Gasteiger partial charge in [-0.15, -0.1) is 0 Å². The zero-order valence-corrected chi connectivity index (χ0v) is 14.1. The first-order chi connectivity index (χ1) is 11.3. The molecule has 130 valence electrons. The van der Waals surface area contributed by atoms with E-state index in [4.69, 9.17) is 5.11 Å². The monoisotopic (exact) mass is 352 g/mol. The Kier molecular flexibility index (Phi) is 5.61. The maximum atomic E-state index is 12.3. The number of anilines is 1. The highest BCUT2D eigenvalue weighted by Crippen LogP contribution is 2.24. The van der Waals surface area contributed by atoms with E-state index in [0.717, 1.165) is 0 Å². The van der Waals surface area contributed by atoms with Crippen LogP contribution in [0.3, 0.4) is 0 Å². The van der Waals surface area contributed by atoms with Crippen molar-refractivity contribution in [2.45, 2.75) is 25.8 Å². The van der Waals surface area contributed by atoms with E-state index in [2.05, 4.69) is 5.32 Å². The fourth-order valence-electron chi connectivity index (χ4n) is 2.47. The fraction of sp³-hybridized carbons (Fsp3) is 0.375. The molecule has 1 aromatic carbocycles. The lowest BCUT2D eigenvalue weighted by molar-refractivity contribution is -0.139. The van der Waals surface area contributed by atoms with Gasteiger partial charge < -0.3 is 10.4 Å². The largest absolute Gasteiger partial charge is 0.480 e. The maximum Gasteiger partial charge on any atom is 0.326 e. The van der Waals surface area contributed by atoms with Crippen LogP contribution in [0.2, 0.25) is 0 Å². The minimum atomic E-state index is -3.33. The van der Waals surface area contributed by atoms with Gasteiger partial charge >= 0.3 is 5.97 Å². The molecule has 0 bridgehead atoms. The third kappa shape index (κ3) is 4.14. The molecule has 1 unspecified atom stereocenters. The number of sulfonamides is 1. The average Bonchev–Trinajstić information content (AvgIpc) is 2.90. The van der Waals surface area contributed by atoms with Gasteiger partial charge in [-0.25, -0.2) is 13.2 Å². The summed E-state index contributed by atoms with van der Waals surface area (Å²) in [5, 5.41) is 11.6. The van der Waals surface area contributed by atoms with Crippen LogP contribution in [0.4, 0.5) is 5.69 Å². The summed E-state index contributed by atoms with van der Waals surface area (Å²) in [6, 6.07) is 5.16. The number of allylic oxidation sites excluding steroid dienone is 1. The maximum absolute atomic E-state index is 12.3. The Balaban J connectivity index is 2.18. The Labute approximate surface area is 141 Å². The van der Waals surface area contributed by atoms with Crippen molar-refractivity contribution in [1.82, 2.24) is 5.32 Å². The molecular weight excluding hydrogens is 332 g/mol. The van der Waals surface area contributed by atoms with Crippen molar-refractivity contribution >= 4 is 27.6 Å². The molecule has 1 fully saturated rings. The number of benzene rings is 1. The van der Waals surface area contributed by atoms with E-state index in [-0.39, 0.29) is 17.7 Å². The van der Waals surface area contributed by atoms with Crippen LogP contribution in [0.1, 0.15) is 30.1 Å². The van der Waals surface area contributed by atoms with Gasteiger partial charge in [-0.3, -0.25) is 9.10 Å². The van der Waals surface area contributed by atoms with Gasteiger partial charge in [0.15, 0.2) is 0 Å². The molecule has 1 aliphatic heterocycles. The Morgan fingerprint density at radius 2 is 2.17 bits per heavy atom. The number of amides is 1. The zero-order valence-electron chi connectivity index (χ0n) is 13.3. The zero-order chi connectivity index (χ0) is 17.7. The summed E-state index contributed by atoms with van der Waals surface area (Å²) in [5.41, 5.74) is 0.641. The van der Waals surface area contributed by atoms with E-state index in [1.54, 1.807) is 31.2 Å². The van der Waals surface area contributed by atoms with E-state index in [9.17, 15) is 18.0 Å². The summed E-state index contributed by atoms with van der Waals surface area (Å²) < 4.78 is 25.2. The Morgan fingerprint density at radius 3 is 2.75 bits per heavy atom. The fourth-order valence-corrected chi connectivity index (χ4v) is 4.02. The molecule has 1 saturated heterocycles. The second-order valence-electron chi connectivity index (χ2n) is 5.46. The van der Waals surface area contributed by atoms with Gasteiger partial charge in [0.05, 0.1) is 11.4 Å². The van der Waals surface area contributed by atoms with Crippen LogP contribution in [-0.2, 0) is 14.8 Å². The first-order valence-corrected chi connectivity index (χ1v) is 9.21. The molecule has 24 heavy (non-hydrogen) atoms. The van der Waals surface area contributed by atoms with E-state index in [1.165, 1.54) is 16.4 Å². The molecule has 0 spiro atoms. The number of carbonyl (C=O) groups excluding carboxylic acids is 1. The average molecular weight is 352 g/mol. The lowest BCUT2D eigenvalue weighted by Crippen LogP contribution is -2.40. The Hall–Kier alpha value is -2.35. The third-order valence-electron chi connectivity index (χ3n) is 3.71. The number of hydrogen-bond acceptors (Lipinski definition) is 4. The minimum Gasteiger partial charge on any atom is -0.480 e. The molecule has 0 radical (unpaired) electrons. The second kappa shape index (κ2) is 7.48. The van der Waals surface area contributed by atoms with Crippen molar-refractivity contribution in [3.05, 3.63) is 42.0 Å². The first kappa shape index (κ1) is 18.0. The van der Waals surface area contributed by atoms with Crippen molar-refractivity contribution < 1.29 is 23.1 Å². The molecule has 0 saturated carbocycles. The van der Waals surface area contributed by atoms with Crippen LogP contribution in [0, 0.1) is 0 Å². The van der Waals surface area contributed by atoms with Gasteiger partial charge in [-0.1, -0.05) is 18.2 Å². The number of aliphatic carboxylic acids is 1. The minimum absolute atomic E-state index is 0.0911. The predicted molar refractivity (Wildman–Crippen MR) is 90.5 cm³/mol. The number of rotatable bonds is 6. The number of hydrogen-bond donors (Lipinski definition) is 2. The van der Waals surface area contributed by atoms with Gasteiger partial charge in [0, 0.05) is 12.1 Å². The summed E-state index contributed by atoms with van der Waals surface area (Å²) >= 11 is 0. The molecule has 1 aromatic rings. The SMILES string of the molecule is C/C=C/CC(NC(=O)c1cccc(N2CCCS2(=O)=O)c1)C(=O)O. The van der Waals surface area contributed by atoms with Crippen LogP contribution in [0.25, 0.3) is 0 Å². The molecule has 8 heteroatoms. The lowest BCUT2D eigenvalue weighted by atomic mass is 10.1. The lowest BCUT2D eigenvalue weighted by Gasteiger charge is -2.18. The Morgan fingerprint density at radius 1 is 1.42 bits per heavy atom. The predicted octanol–water partition coefficient (Wildman–Crippen LogP) is 1.38. The van der Waals surface area contributed by atoms with Crippen molar-refractivity contribution in [3.8, 4) is 0 Å². The summed E-state index contributed by atoms with van der Waals surface area (Å²) in [4.78, 5) is 23.5. The smallest absolute Gasteiger partial charge is 0.326 e. The van der Waals surface area contributed by atoms with Crippen LogP contribution < -0.4 is 9.62 Å². The number of nitrogens with zero attached hydrogens (tertiary/aromatic N) is 1. The summed E-state index contributed by atoms with van der Waals surface area (Å²) in [6.07, 6.45) is 4.09. The van der Waals surface area contributed by atoms with E-state index < -0.39 is 27.9 Å². The van der Waals surface area contributed by atoms with Crippen LogP contribution in [0.15, 0.2) is 36.4 Å². The number of nitrogens with one attached hydrogen (secondary N) is 1. The van der Waals surface area contributed by atoms with Crippen molar-refractivity contribution in [3.63, 3.8) is 0 Å². The summed E-state index contributed by atoms with van der Waals surface area (Å²) in [6.45, 7) is 2.15. The highest BCUT2D eigenvalue weighted by atomic mass is 32.2. The summed E-state index contributed by atoms with van der Waals surface area (Å²) in [5.74, 6) is -1.58. The molecule has 2 N–H and O–H groups in total. The highest BCUT2D eigenvalue weighted by molar-refractivity contribution is 7.93. The van der Waals surface area contributed by atoms with Crippen LogP contribution in [0.5, 0.6) is 0 Å². The molecule has 0 aliphatic carbocycles. The molecular formula is C16H20N2O5S. The van der Waals surface area contributed by atoms with Gasteiger partial charge in [-0.2, -0.15) is 0 Å². The molecule has 1 heterocycles. The molecule has 0 aromatic heterocycles. The molecule has 1 aliphatic rings. The van der Waals surface area contributed by atoms with Crippen molar-refractivity contribution in [1.29, 1.82) is 0 Å². The Bertz CT molecular complexity index is 757. The molecule has 1 amide bonds. The molecule has 2 rings (SSSR count). The van der Waals surface area contributed by atoms with Gasteiger partial charge in [0.25, 0.3) is 5.91 Å². The summed E-state index contributed by atoms with van der Waals surface area (Å²) in [7, 11) is -3.33. The van der Waals surface area contributed by atoms with Gasteiger partial charge in [-0.05, 0) is 38.0 Å². The van der Waals surface area contributed by atoms with Crippen molar-refractivity contribution in [2.24, 2.45) is 0 Å². The van der Waals surface area contributed by atoms with Gasteiger partial charge in [0.2, 0.25) is 10.0 Å².